The number of hydrogen-bond acceptors (Lipinski definition) is 5. The molecule has 0 spiro atoms. The van der Waals surface area contributed by atoms with Crippen LogP contribution in [0.4, 0.5) is 0 Å². The molecule has 7 nitrogen and oxygen atoms in total. The van der Waals surface area contributed by atoms with E-state index in [-0.39, 0.29) is 6.42 Å². The number of carboxylic acid groups (broad SMARTS) is 1. The molecule has 7 heteroatoms. The summed E-state index contributed by atoms with van der Waals surface area (Å²) in [5, 5.41) is 13.0. The van der Waals surface area contributed by atoms with Crippen molar-refractivity contribution < 1.29 is 19.5 Å². The van der Waals surface area contributed by atoms with Gasteiger partial charge in [-0.25, -0.2) is 4.79 Å². The van der Waals surface area contributed by atoms with Gasteiger partial charge in [0.1, 0.15) is 6.04 Å². The molecule has 2 fully saturated rings. The number of nitrogens with one attached hydrogen (secondary N) is 1. The number of rotatable bonds is 8. The summed E-state index contributed by atoms with van der Waals surface area (Å²) >= 11 is 0. The number of carbonyl (C=O) groups is 3. The van der Waals surface area contributed by atoms with E-state index in [0.717, 1.165) is 42.6 Å². The summed E-state index contributed by atoms with van der Waals surface area (Å²) in [6.07, 6.45) is 7.51. The Labute approximate surface area is 178 Å². The van der Waals surface area contributed by atoms with Crippen molar-refractivity contribution in [1.29, 1.82) is 0 Å². The fourth-order valence-electron chi connectivity index (χ4n) is 4.67. The smallest absolute Gasteiger partial charge is 0.327 e. The van der Waals surface area contributed by atoms with Crippen LogP contribution < -0.4 is 11.1 Å². The summed E-state index contributed by atoms with van der Waals surface area (Å²) in [6, 6.07) is 6.41. The Kier molecular flexibility index (Phi) is 7.99. The van der Waals surface area contributed by atoms with Gasteiger partial charge in [-0.05, 0) is 37.3 Å². The standard InChI is InChI=1S/C23H33N3O4/c24-18(14-16-8-3-1-4-9-16)21(27)26(22(28)19-12-7-13-25-19)20(23(29)30)15-17-10-5-2-6-11-17/h2,5-6,10-11,16,18-20,25H,1,3-4,7-9,12-15,24H2,(H,29,30)/t18-,19+,20+/m1/s1. The first-order chi connectivity index (χ1) is 14.5. The lowest BCUT2D eigenvalue weighted by Gasteiger charge is -2.33. The second-order valence-electron chi connectivity index (χ2n) is 8.59. The van der Waals surface area contributed by atoms with E-state index in [9.17, 15) is 19.5 Å². The highest BCUT2D eigenvalue weighted by molar-refractivity contribution is 6.03. The van der Waals surface area contributed by atoms with Crippen molar-refractivity contribution in [3.8, 4) is 0 Å². The van der Waals surface area contributed by atoms with Crippen LogP contribution in [0, 0.1) is 5.92 Å². The number of benzene rings is 1. The molecule has 0 aromatic heterocycles. The van der Waals surface area contributed by atoms with Crippen molar-refractivity contribution in [3.05, 3.63) is 35.9 Å². The van der Waals surface area contributed by atoms with Gasteiger partial charge in [0, 0.05) is 6.42 Å². The normalized spacial score (nSPS) is 21.7. The van der Waals surface area contributed by atoms with Gasteiger partial charge in [0.2, 0.25) is 11.8 Å². The van der Waals surface area contributed by atoms with Crippen LogP contribution in [0.15, 0.2) is 30.3 Å². The van der Waals surface area contributed by atoms with Crippen LogP contribution in [0.5, 0.6) is 0 Å². The summed E-state index contributed by atoms with van der Waals surface area (Å²) < 4.78 is 0. The third-order valence-electron chi connectivity index (χ3n) is 6.33. The lowest BCUT2D eigenvalue weighted by atomic mass is 9.84. The topological polar surface area (TPSA) is 113 Å². The summed E-state index contributed by atoms with van der Waals surface area (Å²) in [6.45, 7) is 0.684. The van der Waals surface area contributed by atoms with Gasteiger partial charge in [-0.3, -0.25) is 14.5 Å². The highest BCUT2D eigenvalue weighted by Crippen LogP contribution is 2.28. The molecule has 1 saturated carbocycles. The fraction of sp³-hybridized carbons (Fsp3) is 0.609. The maximum absolute atomic E-state index is 13.3. The van der Waals surface area contributed by atoms with E-state index in [1.165, 1.54) is 6.42 Å². The molecule has 1 aromatic carbocycles. The van der Waals surface area contributed by atoms with Crippen LogP contribution in [0.2, 0.25) is 0 Å². The van der Waals surface area contributed by atoms with Crippen LogP contribution >= 0.6 is 0 Å². The van der Waals surface area contributed by atoms with E-state index in [1.807, 2.05) is 18.2 Å². The molecule has 1 aliphatic heterocycles. The van der Waals surface area contributed by atoms with Gasteiger partial charge < -0.3 is 16.2 Å². The molecule has 0 bridgehead atoms. The molecule has 1 saturated heterocycles. The highest BCUT2D eigenvalue weighted by Gasteiger charge is 2.41. The minimum absolute atomic E-state index is 0.0660. The number of nitrogens with zero attached hydrogens (tertiary/aromatic N) is 1. The average Bonchev–Trinajstić information content (AvgIpc) is 3.29. The van der Waals surface area contributed by atoms with Crippen molar-refractivity contribution in [2.45, 2.75) is 75.9 Å². The molecule has 4 N–H and O–H groups in total. The number of amides is 2. The average molecular weight is 416 g/mol. The number of hydrogen-bond donors (Lipinski definition) is 3. The molecule has 1 heterocycles. The van der Waals surface area contributed by atoms with Crippen LogP contribution in [0.1, 0.15) is 56.9 Å². The van der Waals surface area contributed by atoms with Gasteiger partial charge in [0.05, 0.1) is 12.1 Å². The lowest BCUT2D eigenvalue weighted by molar-refractivity contribution is -0.159. The van der Waals surface area contributed by atoms with Crippen LogP contribution in [0.3, 0.4) is 0 Å². The van der Waals surface area contributed by atoms with Gasteiger partial charge in [0.15, 0.2) is 0 Å². The molecule has 2 aliphatic rings. The highest BCUT2D eigenvalue weighted by atomic mass is 16.4. The zero-order chi connectivity index (χ0) is 21.5. The van der Waals surface area contributed by atoms with Crippen LogP contribution in [-0.2, 0) is 20.8 Å². The third kappa shape index (κ3) is 5.67. The van der Waals surface area contributed by atoms with Gasteiger partial charge >= 0.3 is 5.97 Å². The molecule has 0 unspecified atom stereocenters. The molecular formula is C23H33N3O4. The number of aliphatic carboxylic acids is 1. The maximum atomic E-state index is 13.3. The first-order valence-electron chi connectivity index (χ1n) is 11.1. The number of nitrogens with two attached hydrogens (primary N) is 1. The molecule has 30 heavy (non-hydrogen) atoms. The Morgan fingerprint density at radius 1 is 1.07 bits per heavy atom. The molecular weight excluding hydrogens is 382 g/mol. The molecule has 3 atom stereocenters. The Hall–Kier alpha value is -2.25. The van der Waals surface area contributed by atoms with E-state index >= 15 is 0 Å². The van der Waals surface area contributed by atoms with Crippen molar-refractivity contribution in [2.75, 3.05) is 6.54 Å². The summed E-state index contributed by atoms with van der Waals surface area (Å²) in [5.41, 5.74) is 7.02. The Morgan fingerprint density at radius 3 is 2.37 bits per heavy atom. The molecule has 2 amide bonds. The van der Waals surface area contributed by atoms with Crippen molar-refractivity contribution >= 4 is 17.8 Å². The van der Waals surface area contributed by atoms with Gasteiger partial charge in [-0.1, -0.05) is 62.4 Å². The Morgan fingerprint density at radius 2 is 1.77 bits per heavy atom. The first-order valence-corrected chi connectivity index (χ1v) is 11.1. The molecule has 1 aromatic rings. The zero-order valence-electron chi connectivity index (χ0n) is 17.5. The van der Waals surface area contributed by atoms with Crippen molar-refractivity contribution in [1.82, 2.24) is 10.2 Å². The Bertz CT molecular complexity index is 727. The van der Waals surface area contributed by atoms with Crippen molar-refractivity contribution in [2.24, 2.45) is 11.7 Å². The fourth-order valence-corrected chi connectivity index (χ4v) is 4.67. The van der Waals surface area contributed by atoms with E-state index in [1.54, 1.807) is 12.1 Å². The van der Waals surface area contributed by atoms with E-state index < -0.39 is 35.9 Å². The molecule has 0 radical (unpaired) electrons. The summed E-state index contributed by atoms with van der Waals surface area (Å²) in [7, 11) is 0. The zero-order valence-corrected chi connectivity index (χ0v) is 17.5. The SMILES string of the molecule is N[C@H](CC1CCCCC1)C(=O)N(C(=O)[C@@H]1CCCN1)[C@@H](Cc1ccccc1)C(=O)O. The van der Waals surface area contributed by atoms with E-state index in [0.29, 0.717) is 25.3 Å². The van der Waals surface area contributed by atoms with Gasteiger partial charge in [-0.2, -0.15) is 0 Å². The van der Waals surface area contributed by atoms with E-state index in [2.05, 4.69) is 5.32 Å². The lowest BCUT2D eigenvalue weighted by Crippen LogP contribution is -2.59. The molecule has 3 rings (SSSR count). The van der Waals surface area contributed by atoms with Crippen LogP contribution in [0.25, 0.3) is 0 Å². The predicted molar refractivity (Wildman–Crippen MR) is 114 cm³/mol. The first kappa shape index (κ1) is 22.4. The third-order valence-corrected chi connectivity index (χ3v) is 6.33. The number of imide groups is 1. The van der Waals surface area contributed by atoms with E-state index in [4.69, 9.17) is 5.73 Å². The maximum Gasteiger partial charge on any atom is 0.327 e. The van der Waals surface area contributed by atoms with Gasteiger partial charge in [-0.15, -0.1) is 0 Å². The number of carbonyl (C=O) groups excluding carboxylic acids is 2. The summed E-state index contributed by atoms with van der Waals surface area (Å²) in [4.78, 5) is 39.7. The molecule has 164 valence electrons. The molecule has 1 aliphatic carbocycles. The Balaban J connectivity index is 1.82. The largest absolute Gasteiger partial charge is 0.480 e. The minimum atomic E-state index is -1.27. The van der Waals surface area contributed by atoms with Crippen LogP contribution in [-0.4, -0.2) is 52.5 Å². The quantitative estimate of drug-likeness (QED) is 0.599. The predicted octanol–water partition coefficient (Wildman–Crippen LogP) is 2.09. The van der Waals surface area contributed by atoms with Crippen molar-refractivity contribution in [3.63, 3.8) is 0 Å². The second-order valence-corrected chi connectivity index (χ2v) is 8.59. The minimum Gasteiger partial charge on any atom is -0.480 e. The monoisotopic (exact) mass is 415 g/mol. The number of carboxylic acids is 1. The summed E-state index contributed by atoms with van der Waals surface area (Å²) in [5.74, 6) is -1.87. The van der Waals surface area contributed by atoms with Gasteiger partial charge in [0.25, 0.3) is 0 Å². The second kappa shape index (κ2) is 10.7.